The smallest absolute Gasteiger partial charge is 0.0518 e. The summed E-state index contributed by atoms with van der Waals surface area (Å²) in [6, 6.07) is 12.5. The molecule has 3 rings (SSSR count). The highest BCUT2D eigenvalue weighted by Gasteiger charge is 2.08. The van der Waals surface area contributed by atoms with Crippen molar-refractivity contribution in [2.45, 2.75) is 13.3 Å². The highest BCUT2D eigenvalue weighted by molar-refractivity contribution is 6.09. The summed E-state index contributed by atoms with van der Waals surface area (Å²) in [5, 5.41) is 2.54. The predicted octanol–water partition coefficient (Wildman–Crippen LogP) is 3.47. The van der Waals surface area contributed by atoms with Crippen molar-refractivity contribution in [1.82, 2.24) is 4.98 Å². The molecule has 0 aliphatic heterocycles. The Morgan fingerprint density at radius 3 is 2.69 bits per heavy atom. The third kappa shape index (κ3) is 1.13. The highest BCUT2D eigenvalue weighted by Crippen LogP contribution is 2.30. The van der Waals surface area contributed by atoms with Crippen molar-refractivity contribution in [2.75, 3.05) is 5.73 Å². The van der Waals surface area contributed by atoms with Crippen LogP contribution >= 0.6 is 0 Å². The van der Waals surface area contributed by atoms with Gasteiger partial charge < -0.3 is 10.7 Å². The Morgan fingerprint density at radius 2 is 1.88 bits per heavy atom. The SMILES string of the molecule is CCc1c(N)ccc2c1[nH]c1ccccc12. The fourth-order valence-electron chi connectivity index (χ4n) is 2.37. The molecular formula is C14H14N2. The number of aryl methyl sites for hydroxylation is 1. The van der Waals surface area contributed by atoms with Crippen LogP contribution in [0.4, 0.5) is 5.69 Å². The summed E-state index contributed by atoms with van der Waals surface area (Å²) in [5.41, 5.74) is 10.5. The lowest BCUT2D eigenvalue weighted by Crippen LogP contribution is -1.93. The quantitative estimate of drug-likeness (QED) is 0.593. The summed E-state index contributed by atoms with van der Waals surface area (Å²) >= 11 is 0. The second-order valence-corrected chi connectivity index (χ2v) is 4.08. The third-order valence-corrected chi connectivity index (χ3v) is 3.18. The van der Waals surface area contributed by atoms with Crippen molar-refractivity contribution in [1.29, 1.82) is 0 Å². The van der Waals surface area contributed by atoms with Gasteiger partial charge in [-0.15, -0.1) is 0 Å². The van der Waals surface area contributed by atoms with Gasteiger partial charge in [0.25, 0.3) is 0 Å². The molecule has 2 nitrogen and oxygen atoms in total. The zero-order chi connectivity index (χ0) is 11.1. The van der Waals surface area contributed by atoms with Crippen LogP contribution in [-0.4, -0.2) is 4.98 Å². The second kappa shape index (κ2) is 3.27. The van der Waals surface area contributed by atoms with E-state index in [9.17, 15) is 0 Å². The third-order valence-electron chi connectivity index (χ3n) is 3.18. The minimum Gasteiger partial charge on any atom is -0.398 e. The van der Waals surface area contributed by atoms with E-state index in [1.54, 1.807) is 0 Å². The van der Waals surface area contributed by atoms with Gasteiger partial charge >= 0.3 is 0 Å². The van der Waals surface area contributed by atoms with E-state index in [0.717, 1.165) is 12.1 Å². The molecule has 0 amide bonds. The number of aromatic nitrogens is 1. The van der Waals surface area contributed by atoms with Gasteiger partial charge in [-0.1, -0.05) is 31.2 Å². The van der Waals surface area contributed by atoms with Crippen LogP contribution in [0.3, 0.4) is 0 Å². The average Bonchev–Trinajstić information content (AvgIpc) is 2.67. The summed E-state index contributed by atoms with van der Waals surface area (Å²) in [5.74, 6) is 0. The highest BCUT2D eigenvalue weighted by atomic mass is 14.7. The number of nitrogen functional groups attached to an aromatic ring is 1. The Labute approximate surface area is 94.1 Å². The van der Waals surface area contributed by atoms with Gasteiger partial charge in [0.15, 0.2) is 0 Å². The number of aromatic amines is 1. The van der Waals surface area contributed by atoms with E-state index in [1.807, 2.05) is 12.1 Å². The summed E-state index contributed by atoms with van der Waals surface area (Å²) < 4.78 is 0. The normalized spacial score (nSPS) is 11.3. The molecule has 2 heteroatoms. The molecule has 0 saturated heterocycles. The largest absolute Gasteiger partial charge is 0.398 e. The van der Waals surface area contributed by atoms with Crippen LogP contribution in [0.25, 0.3) is 21.8 Å². The van der Waals surface area contributed by atoms with Crippen molar-refractivity contribution in [2.24, 2.45) is 0 Å². The molecule has 1 heterocycles. The van der Waals surface area contributed by atoms with Crippen LogP contribution in [0.15, 0.2) is 36.4 Å². The molecule has 16 heavy (non-hydrogen) atoms. The molecule has 0 spiro atoms. The number of nitrogens with one attached hydrogen (secondary N) is 1. The Balaban J connectivity index is 2.54. The van der Waals surface area contributed by atoms with E-state index in [2.05, 4.69) is 36.2 Å². The van der Waals surface area contributed by atoms with Crippen molar-refractivity contribution >= 4 is 27.5 Å². The van der Waals surface area contributed by atoms with E-state index in [1.165, 1.54) is 27.4 Å². The molecule has 0 radical (unpaired) electrons. The van der Waals surface area contributed by atoms with Crippen LogP contribution in [-0.2, 0) is 6.42 Å². The lowest BCUT2D eigenvalue weighted by molar-refractivity contribution is 1.16. The van der Waals surface area contributed by atoms with Gasteiger partial charge in [0.1, 0.15) is 0 Å². The number of H-pyrrole nitrogens is 1. The monoisotopic (exact) mass is 210 g/mol. The number of nitrogens with two attached hydrogens (primary N) is 1. The molecule has 0 bridgehead atoms. The topological polar surface area (TPSA) is 41.8 Å². The molecule has 3 N–H and O–H groups in total. The molecule has 2 aromatic carbocycles. The van der Waals surface area contributed by atoms with Crippen LogP contribution in [0, 0.1) is 0 Å². The first kappa shape index (κ1) is 9.28. The molecule has 0 aliphatic rings. The van der Waals surface area contributed by atoms with Crippen LogP contribution in [0.5, 0.6) is 0 Å². The maximum atomic E-state index is 6.00. The molecule has 0 unspecified atom stereocenters. The van der Waals surface area contributed by atoms with E-state index in [-0.39, 0.29) is 0 Å². The standard InChI is InChI=1S/C14H14N2/c1-2-9-12(15)8-7-11-10-5-3-4-6-13(10)16-14(9)11/h3-8,16H,2,15H2,1H3. The Hall–Kier alpha value is -1.96. The summed E-state index contributed by atoms with van der Waals surface area (Å²) in [7, 11) is 0. The van der Waals surface area contributed by atoms with E-state index in [0.29, 0.717) is 0 Å². The Bertz CT molecular complexity index is 665. The van der Waals surface area contributed by atoms with Gasteiger partial charge in [-0.25, -0.2) is 0 Å². The van der Waals surface area contributed by atoms with Gasteiger partial charge in [-0.3, -0.25) is 0 Å². The zero-order valence-corrected chi connectivity index (χ0v) is 9.25. The van der Waals surface area contributed by atoms with E-state index < -0.39 is 0 Å². The Morgan fingerprint density at radius 1 is 1.06 bits per heavy atom. The lowest BCUT2D eigenvalue weighted by atomic mass is 10.1. The number of fused-ring (bicyclic) bond motifs is 3. The zero-order valence-electron chi connectivity index (χ0n) is 9.25. The summed E-state index contributed by atoms with van der Waals surface area (Å²) in [4.78, 5) is 3.46. The van der Waals surface area contributed by atoms with Gasteiger partial charge in [0.05, 0.1) is 5.52 Å². The predicted molar refractivity (Wildman–Crippen MR) is 69.6 cm³/mol. The molecule has 0 fully saturated rings. The van der Waals surface area contributed by atoms with Crippen molar-refractivity contribution in [3.8, 4) is 0 Å². The molecular weight excluding hydrogens is 196 g/mol. The molecule has 3 aromatic rings. The van der Waals surface area contributed by atoms with Crippen molar-refractivity contribution in [3.63, 3.8) is 0 Å². The number of rotatable bonds is 1. The fourth-order valence-corrected chi connectivity index (χ4v) is 2.37. The maximum absolute atomic E-state index is 6.00. The van der Waals surface area contributed by atoms with Crippen molar-refractivity contribution < 1.29 is 0 Å². The number of para-hydroxylation sites is 1. The molecule has 1 aromatic heterocycles. The molecule has 0 aliphatic carbocycles. The first-order valence-corrected chi connectivity index (χ1v) is 5.59. The molecule has 0 atom stereocenters. The van der Waals surface area contributed by atoms with E-state index in [4.69, 9.17) is 5.73 Å². The van der Waals surface area contributed by atoms with Gasteiger partial charge in [-0.05, 0) is 24.1 Å². The minimum absolute atomic E-state index is 0.876. The van der Waals surface area contributed by atoms with Gasteiger partial charge in [-0.2, -0.15) is 0 Å². The minimum atomic E-state index is 0.876. The number of anilines is 1. The number of hydrogen-bond donors (Lipinski definition) is 2. The fraction of sp³-hybridized carbons (Fsp3) is 0.143. The van der Waals surface area contributed by atoms with Gasteiger partial charge in [0.2, 0.25) is 0 Å². The van der Waals surface area contributed by atoms with Crippen molar-refractivity contribution in [3.05, 3.63) is 42.0 Å². The number of benzene rings is 2. The van der Waals surface area contributed by atoms with Crippen LogP contribution in [0.1, 0.15) is 12.5 Å². The number of hydrogen-bond acceptors (Lipinski definition) is 1. The average molecular weight is 210 g/mol. The maximum Gasteiger partial charge on any atom is 0.0518 e. The van der Waals surface area contributed by atoms with E-state index >= 15 is 0 Å². The van der Waals surface area contributed by atoms with Crippen LogP contribution in [0.2, 0.25) is 0 Å². The first-order valence-electron chi connectivity index (χ1n) is 5.59. The molecule has 0 saturated carbocycles. The second-order valence-electron chi connectivity index (χ2n) is 4.08. The van der Waals surface area contributed by atoms with Crippen LogP contribution < -0.4 is 5.73 Å². The molecule has 80 valence electrons. The Kier molecular flexibility index (Phi) is 1.90. The summed E-state index contributed by atoms with van der Waals surface area (Å²) in [6.45, 7) is 2.14. The van der Waals surface area contributed by atoms with Gasteiger partial charge in [0, 0.05) is 22.0 Å². The summed E-state index contributed by atoms with van der Waals surface area (Å²) in [6.07, 6.45) is 0.954. The lowest BCUT2D eigenvalue weighted by Gasteiger charge is -2.03. The first-order chi connectivity index (χ1) is 7.81.